The lowest BCUT2D eigenvalue weighted by atomic mass is 10.2. The van der Waals surface area contributed by atoms with Gasteiger partial charge in [0.2, 0.25) is 0 Å². The molecule has 0 unspecified atom stereocenters. The van der Waals surface area contributed by atoms with Crippen LogP contribution in [0.15, 0.2) is 0 Å². The molecule has 0 atom stereocenters. The summed E-state index contributed by atoms with van der Waals surface area (Å²) in [6.45, 7) is -2.38. The summed E-state index contributed by atoms with van der Waals surface area (Å²) in [5.74, 6) is -1.73. The first-order valence-corrected chi connectivity index (χ1v) is 2.36. The third kappa shape index (κ3) is 3.76. The van der Waals surface area contributed by atoms with Crippen LogP contribution in [0.3, 0.4) is 0 Å². The Morgan fingerprint density at radius 3 is 1.56 bits per heavy atom. The molecule has 0 amide bonds. The number of rotatable bonds is 4. The zero-order valence-corrected chi connectivity index (χ0v) is 4.69. The number of halogens is 2. The monoisotopic (exact) mass is 136 g/mol. The fraction of sp³-hybridized carbons (Fsp3) is 0.600. The summed E-state index contributed by atoms with van der Waals surface area (Å²) in [7, 11) is 0. The summed E-state index contributed by atoms with van der Waals surface area (Å²) < 4.78 is 22.5. The highest BCUT2D eigenvalue weighted by atomic mass is 19.1. The molecule has 4 heteroatoms. The van der Waals surface area contributed by atoms with Gasteiger partial charge in [0.15, 0.2) is 11.6 Å². The van der Waals surface area contributed by atoms with Crippen LogP contribution in [0.1, 0.15) is 6.42 Å². The maximum atomic E-state index is 11.3. The summed E-state index contributed by atoms with van der Waals surface area (Å²) >= 11 is 0. The first-order chi connectivity index (χ1) is 4.20. The van der Waals surface area contributed by atoms with Crippen molar-refractivity contribution in [2.45, 2.75) is 6.42 Å². The molecule has 0 saturated carbocycles. The van der Waals surface area contributed by atoms with Crippen LogP contribution in [-0.2, 0) is 9.59 Å². The van der Waals surface area contributed by atoms with Crippen LogP contribution in [0, 0.1) is 0 Å². The highest BCUT2D eigenvalue weighted by Crippen LogP contribution is 1.87. The molecule has 0 aromatic carbocycles. The van der Waals surface area contributed by atoms with Gasteiger partial charge in [-0.25, -0.2) is 8.78 Å². The predicted octanol–water partition coefficient (Wildman–Crippen LogP) is 0.454. The van der Waals surface area contributed by atoms with E-state index in [1.165, 1.54) is 0 Å². The lowest BCUT2D eigenvalue weighted by Gasteiger charge is -1.88. The number of carbonyl (C=O) groups excluding carboxylic acids is 2. The van der Waals surface area contributed by atoms with Crippen molar-refractivity contribution in [3.05, 3.63) is 0 Å². The number of alkyl halides is 2. The van der Waals surface area contributed by atoms with Crippen molar-refractivity contribution in [3.8, 4) is 0 Å². The molecule has 2 nitrogen and oxygen atoms in total. The van der Waals surface area contributed by atoms with E-state index in [1.54, 1.807) is 0 Å². The SMILES string of the molecule is O=C(CF)CC(=O)CF. The van der Waals surface area contributed by atoms with Crippen LogP contribution in [-0.4, -0.2) is 24.9 Å². The number of carbonyl (C=O) groups is 2. The van der Waals surface area contributed by atoms with Gasteiger partial charge in [0.1, 0.15) is 13.3 Å². The normalized spacial score (nSPS) is 9.11. The third-order valence-corrected chi connectivity index (χ3v) is 0.692. The second-order valence-corrected chi connectivity index (χ2v) is 1.52. The van der Waals surface area contributed by atoms with Gasteiger partial charge in [-0.05, 0) is 0 Å². The molecule has 0 heterocycles. The Kier molecular flexibility index (Phi) is 3.75. The second kappa shape index (κ2) is 4.12. The van der Waals surface area contributed by atoms with Gasteiger partial charge in [-0.3, -0.25) is 9.59 Å². The van der Waals surface area contributed by atoms with Gasteiger partial charge in [0, 0.05) is 0 Å². The van der Waals surface area contributed by atoms with Gasteiger partial charge < -0.3 is 0 Å². The van der Waals surface area contributed by atoms with Crippen molar-refractivity contribution < 1.29 is 18.4 Å². The minimum Gasteiger partial charge on any atom is -0.296 e. The Hall–Kier alpha value is -0.800. The zero-order valence-electron chi connectivity index (χ0n) is 4.69. The van der Waals surface area contributed by atoms with Gasteiger partial charge in [-0.2, -0.15) is 0 Å². The molecule has 0 aliphatic rings. The molecule has 0 radical (unpaired) electrons. The molecule has 0 aromatic heterocycles. The average Bonchev–Trinajstić information content (AvgIpc) is 1.87. The average molecular weight is 136 g/mol. The van der Waals surface area contributed by atoms with E-state index in [0.717, 1.165) is 0 Å². The Labute approximate surface area is 50.9 Å². The maximum Gasteiger partial charge on any atom is 0.171 e. The van der Waals surface area contributed by atoms with E-state index in [2.05, 4.69) is 0 Å². The summed E-state index contributed by atoms with van der Waals surface area (Å²) in [4.78, 5) is 20.0. The number of hydrogen-bond donors (Lipinski definition) is 0. The molecule has 0 fully saturated rings. The lowest BCUT2D eigenvalue weighted by molar-refractivity contribution is -0.127. The molecule has 0 rings (SSSR count). The summed E-state index contributed by atoms with van der Waals surface area (Å²) in [5.41, 5.74) is 0. The van der Waals surface area contributed by atoms with Gasteiger partial charge in [0.05, 0.1) is 6.42 Å². The minimum atomic E-state index is -1.19. The van der Waals surface area contributed by atoms with Gasteiger partial charge in [-0.15, -0.1) is 0 Å². The minimum absolute atomic E-state index is 0.618. The molecule has 0 aliphatic heterocycles. The zero-order chi connectivity index (χ0) is 7.28. The van der Waals surface area contributed by atoms with Crippen LogP contribution >= 0.6 is 0 Å². The molecule has 9 heavy (non-hydrogen) atoms. The fourth-order valence-electron chi connectivity index (χ4n) is 0.314. The van der Waals surface area contributed by atoms with Crippen molar-refractivity contribution in [3.63, 3.8) is 0 Å². The number of ketones is 2. The van der Waals surface area contributed by atoms with E-state index < -0.39 is 31.3 Å². The largest absolute Gasteiger partial charge is 0.296 e. The third-order valence-electron chi connectivity index (χ3n) is 0.692. The summed E-state index contributed by atoms with van der Waals surface area (Å²) in [6.07, 6.45) is -0.618. The number of hydrogen-bond acceptors (Lipinski definition) is 2. The van der Waals surface area contributed by atoms with Crippen LogP contribution in [0.5, 0.6) is 0 Å². The standard InChI is InChI=1S/C5H6F2O2/c6-2-4(8)1-5(9)3-7/h1-3H2. The van der Waals surface area contributed by atoms with Gasteiger partial charge >= 0.3 is 0 Å². The first-order valence-electron chi connectivity index (χ1n) is 2.36. The molecule has 0 aliphatic carbocycles. The first kappa shape index (κ1) is 8.20. The summed E-state index contributed by atoms with van der Waals surface area (Å²) in [5, 5.41) is 0. The highest BCUT2D eigenvalue weighted by molar-refractivity contribution is 6.00. The molecule has 0 spiro atoms. The van der Waals surface area contributed by atoms with E-state index in [-0.39, 0.29) is 0 Å². The fourth-order valence-corrected chi connectivity index (χ4v) is 0.314. The van der Waals surface area contributed by atoms with Crippen LogP contribution in [0.25, 0.3) is 0 Å². The quantitative estimate of drug-likeness (QED) is 0.526. The summed E-state index contributed by atoms with van der Waals surface area (Å²) in [6, 6.07) is 0. The maximum absolute atomic E-state index is 11.3. The predicted molar refractivity (Wildman–Crippen MR) is 26.6 cm³/mol. The van der Waals surface area contributed by atoms with Crippen molar-refractivity contribution in [2.75, 3.05) is 13.3 Å². The number of Topliss-reactive ketones (excluding diaryl/α,β-unsaturated/α-hetero) is 2. The Balaban J connectivity index is 3.47. The van der Waals surface area contributed by atoms with Gasteiger partial charge in [0.25, 0.3) is 0 Å². The molecule has 0 aromatic rings. The van der Waals surface area contributed by atoms with Crippen molar-refractivity contribution >= 4 is 11.6 Å². The molecular formula is C5H6F2O2. The van der Waals surface area contributed by atoms with E-state index in [0.29, 0.717) is 0 Å². The lowest BCUT2D eigenvalue weighted by Crippen LogP contribution is -2.10. The van der Waals surface area contributed by atoms with E-state index in [9.17, 15) is 18.4 Å². The van der Waals surface area contributed by atoms with E-state index in [1.807, 2.05) is 0 Å². The molecule has 0 saturated heterocycles. The Morgan fingerprint density at radius 2 is 1.33 bits per heavy atom. The molecular weight excluding hydrogens is 130 g/mol. The molecule has 0 bridgehead atoms. The smallest absolute Gasteiger partial charge is 0.171 e. The topological polar surface area (TPSA) is 34.1 Å². The van der Waals surface area contributed by atoms with E-state index >= 15 is 0 Å². The van der Waals surface area contributed by atoms with Crippen molar-refractivity contribution in [1.29, 1.82) is 0 Å². The van der Waals surface area contributed by atoms with Crippen LogP contribution < -0.4 is 0 Å². The molecule has 52 valence electrons. The Morgan fingerprint density at radius 1 is 1.00 bits per heavy atom. The van der Waals surface area contributed by atoms with Crippen LogP contribution in [0.4, 0.5) is 8.78 Å². The molecule has 0 N–H and O–H groups in total. The van der Waals surface area contributed by atoms with E-state index in [4.69, 9.17) is 0 Å². The van der Waals surface area contributed by atoms with Crippen molar-refractivity contribution in [2.24, 2.45) is 0 Å². The second-order valence-electron chi connectivity index (χ2n) is 1.52. The Bertz CT molecular complexity index is 108. The van der Waals surface area contributed by atoms with Crippen molar-refractivity contribution in [1.82, 2.24) is 0 Å². The highest BCUT2D eigenvalue weighted by Gasteiger charge is 2.07. The van der Waals surface area contributed by atoms with Gasteiger partial charge in [-0.1, -0.05) is 0 Å². The van der Waals surface area contributed by atoms with Crippen LogP contribution in [0.2, 0.25) is 0 Å².